The van der Waals surface area contributed by atoms with Crippen LogP contribution in [0.1, 0.15) is 19.8 Å². The van der Waals surface area contributed by atoms with Crippen molar-refractivity contribution in [1.29, 1.82) is 0 Å². The number of nitrogens with zero attached hydrogens (tertiary/aromatic N) is 2. The van der Waals surface area contributed by atoms with Gasteiger partial charge in [-0.2, -0.15) is 0 Å². The van der Waals surface area contributed by atoms with E-state index in [0.29, 0.717) is 25.5 Å². The Kier molecular flexibility index (Phi) is 5.56. The van der Waals surface area contributed by atoms with Crippen molar-refractivity contribution in [2.75, 3.05) is 31.6 Å². The number of carbonyl (C=O) groups is 2. The van der Waals surface area contributed by atoms with Gasteiger partial charge in [0.2, 0.25) is 5.91 Å². The fourth-order valence-corrected chi connectivity index (χ4v) is 2.15. The molecule has 0 aliphatic carbocycles. The SMILES string of the molecule is CCNC(=O)N(CC(=O)Nc1ccon1)CC1CCCO1. The Balaban J connectivity index is 1.90. The van der Waals surface area contributed by atoms with Gasteiger partial charge in [0.05, 0.1) is 6.10 Å². The molecule has 0 aromatic carbocycles. The number of hydrogen-bond donors (Lipinski definition) is 2. The number of ether oxygens (including phenoxy) is 1. The zero-order valence-corrected chi connectivity index (χ0v) is 12.0. The number of hydrogen-bond acceptors (Lipinski definition) is 5. The van der Waals surface area contributed by atoms with Gasteiger partial charge in [0.15, 0.2) is 5.82 Å². The maximum Gasteiger partial charge on any atom is 0.317 e. The van der Waals surface area contributed by atoms with Crippen LogP contribution < -0.4 is 10.6 Å². The Hall–Kier alpha value is -2.09. The molecule has 2 rings (SSSR count). The average Bonchev–Trinajstić information content (AvgIpc) is 3.11. The van der Waals surface area contributed by atoms with Crippen molar-refractivity contribution in [3.63, 3.8) is 0 Å². The third kappa shape index (κ3) is 4.75. The van der Waals surface area contributed by atoms with Gasteiger partial charge in [-0.3, -0.25) is 4.79 Å². The highest BCUT2D eigenvalue weighted by Gasteiger charge is 2.24. The first-order valence-corrected chi connectivity index (χ1v) is 7.03. The fourth-order valence-electron chi connectivity index (χ4n) is 2.15. The molecule has 2 heterocycles. The van der Waals surface area contributed by atoms with E-state index in [1.807, 2.05) is 6.92 Å². The van der Waals surface area contributed by atoms with Crippen molar-refractivity contribution in [3.8, 4) is 0 Å². The predicted octanol–water partition coefficient (Wildman–Crippen LogP) is 0.824. The molecule has 2 N–H and O–H groups in total. The molecule has 21 heavy (non-hydrogen) atoms. The molecule has 0 spiro atoms. The van der Waals surface area contributed by atoms with Crippen molar-refractivity contribution >= 4 is 17.8 Å². The molecule has 1 saturated heterocycles. The molecule has 1 unspecified atom stereocenters. The largest absolute Gasteiger partial charge is 0.376 e. The Morgan fingerprint density at radius 3 is 3.00 bits per heavy atom. The van der Waals surface area contributed by atoms with Gasteiger partial charge in [0, 0.05) is 25.8 Å². The van der Waals surface area contributed by atoms with E-state index < -0.39 is 0 Å². The summed E-state index contributed by atoms with van der Waals surface area (Å²) >= 11 is 0. The van der Waals surface area contributed by atoms with Crippen LogP contribution in [0.15, 0.2) is 16.9 Å². The Morgan fingerprint density at radius 2 is 2.38 bits per heavy atom. The summed E-state index contributed by atoms with van der Waals surface area (Å²) in [6.45, 7) is 3.39. The predicted molar refractivity (Wildman–Crippen MR) is 74.8 cm³/mol. The van der Waals surface area contributed by atoms with Crippen molar-refractivity contribution in [3.05, 3.63) is 12.3 Å². The van der Waals surface area contributed by atoms with Crippen LogP contribution in [-0.4, -0.2) is 54.3 Å². The first-order chi connectivity index (χ1) is 10.2. The summed E-state index contributed by atoms with van der Waals surface area (Å²) in [4.78, 5) is 25.4. The second kappa shape index (κ2) is 7.63. The minimum Gasteiger partial charge on any atom is -0.376 e. The number of anilines is 1. The average molecular weight is 296 g/mol. The highest BCUT2D eigenvalue weighted by molar-refractivity contribution is 5.93. The summed E-state index contributed by atoms with van der Waals surface area (Å²) in [7, 11) is 0. The smallest absolute Gasteiger partial charge is 0.317 e. The molecule has 0 bridgehead atoms. The van der Waals surface area contributed by atoms with Crippen molar-refractivity contribution < 1.29 is 18.8 Å². The van der Waals surface area contributed by atoms with Crippen LogP contribution in [0, 0.1) is 0 Å². The first-order valence-electron chi connectivity index (χ1n) is 7.03. The summed E-state index contributed by atoms with van der Waals surface area (Å²) in [5, 5.41) is 8.87. The maximum atomic E-state index is 12.0. The Morgan fingerprint density at radius 1 is 1.52 bits per heavy atom. The fraction of sp³-hybridized carbons (Fsp3) is 0.615. The van der Waals surface area contributed by atoms with Crippen LogP contribution in [0.2, 0.25) is 0 Å². The number of aromatic nitrogens is 1. The second-order valence-electron chi connectivity index (χ2n) is 4.78. The van der Waals surface area contributed by atoms with Crippen LogP contribution in [0.25, 0.3) is 0 Å². The quantitative estimate of drug-likeness (QED) is 0.810. The summed E-state index contributed by atoms with van der Waals surface area (Å²) in [6.07, 6.45) is 3.25. The number of urea groups is 1. The topological polar surface area (TPSA) is 96.7 Å². The molecule has 116 valence electrons. The molecule has 8 heteroatoms. The maximum absolute atomic E-state index is 12.0. The monoisotopic (exact) mass is 296 g/mol. The number of amides is 3. The van der Waals surface area contributed by atoms with E-state index in [0.717, 1.165) is 12.8 Å². The van der Waals surface area contributed by atoms with Gasteiger partial charge in [-0.15, -0.1) is 0 Å². The standard InChI is InChI=1S/C13H20N4O4/c1-2-14-13(19)17(8-10-4-3-6-20-10)9-12(18)15-11-5-7-21-16-11/h5,7,10H,2-4,6,8-9H2,1H3,(H,14,19)(H,15,16,18). The molecule has 0 radical (unpaired) electrons. The normalized spacial score (nSPS) is 17.5. The summed E-state index contributed by atoms with van der Waals surface area (Å²) in [6, 6.07) is 1.26. The molecule has 1 aliphatic heterocycles. The first kappa shape index (κ1) is 15.3. The van der Waals surface area contributed by atoms with Gasteiger partial charge < -0.3 is 24.8 Å². The van der Waals surface area contributed by atoms with E-state index in [1.165, 1.54) is 17.2 Å². The lowest BCUT2D eigenvalue weighted by molar-refractivity contribution is -0.117. The van der Waals surface area contributed by atoms with E-state index in [-0.39, 0.29) is 24.6 Å². The van der Waals surface area contributed by atoms with Gasteiger partial charge in [0.25, 0.3) is 0 Å². The van der Waals surface area contributed by atoms with Crippen LogP contribution in [0.3, 0.4) is 0 Å². The molecular weight excluding hydrogens is 276 g/mol. The number of rotatable bonds is 6. The molecule has 1 fully saturated rings. The third-order valence-electron chi connectivity index (χ3n) is 3.10. The minimum absolute atomic E-state index is 0.00698. The van der Waals surface area contributed by atoms with Crippen molar-refractivity contribution in [1.82, 2.24) is 15.4 Å². The number of nitrogens with one attached hydrogen (secondary N) is 2. The zero-order valence-electron chi connectivity index (χ0n) is 12.0. The van der Waals surface area contributed by atoms with E-state index in [9.17, 15) is 9.59 Å². The lowest BCUT2D eigenvalue weighted by atomic mass is 10.2. The molecule has 3 amide bonds. The molecule has 1 aliphatic rings. The Labute approximate surface area is 122 Å². The van der Waals surface area contributed by atoms with Gasteiger partial charge in [-0.05, 0) is 19.8 Å². The molecule has 8 nitrogen and oxygen atoms in total. The van der Waals surface area contributed by atoms with E-state index in [2.05, 4.69) is 20.3 Å². The molecule has 1 aromatic heterocycles. The molecule has 1 aromatic rings. The van der Waals surface area contributed by atoms with Crippen molar-refractivity contribution in [2.24, 2.45) is 0 Å². The van der Waals surface area contributed by atoms with E-state index in [4.69, 9.17) is 4.74 Å². The Bertz CT molecular complexity index is 457. The van der Waals surface area contributed by atoms with Gasteiger partial charge in [-0.1, -0.05) is 5.16 Å². The number of carbonyl (C=O) groups excluding carboxylic acids is 2. The molecule has 0 saturated carbocycles. The third-order valence-corrected chi connectivity index (χ3v) is 3.10. The van der Waals surface area contributed by atoms with E-state index in [1.54, 1.807) is 0 Å². The van der Waals surface area contributed by atoms with Gasteiger partial charge in [-0.25, -0.2) is 4.79 Å². The van der Waals surface area contributed by atoms with Crippen molar-refractivity contribution in [2.45, 2.75) is 25.9 Å². The zero-order chi connectivity index (χ0) is 15.1. The summed E-state index contributed by atoms with van der Waals surface area (Å²) in [5.41, 5.74) is 0. The van der Waals surface area contributed by atoms with Crippen LogP contribution in [0.5, 0.6) is 0 Å². The highest BCUT2D eigenvalue weighted by Crippen LogP contribution is 2.13. The van der Waals surface area contributed by atoms with Crippen LogP contribution in [-0.2, 0) is 9.53 Å². The van der Waals surface area contributed by atoms with E-state index >= 15 is 0 Å². The lowest BCUT2D eigenvalue weighted by Gasteiger charge is -2.24. The van der Waals surface area contributed by atoms with Crippen LogP contribution in [0.4, 0.5) is 10.6 Å². The molecule has 1 atom stereocenters. The summed E-state index contributed by atoms with van der Waals surface area (Å²) < 4.78 is 10.2. The lowest BCUT2D eigenvalue weighted by Crippen LogP contribution is -2.47. The minimum atomic E-state index is -0.326. The molecular formula is C13H20N4O4. The van der Waals surface area contributed by atoms with Crippen LogP contribution >= 0.6 is 0 Å². The summed E-state index contributed by atoms with van der Waals surface area (Å²) in [5.74, 6) is 0.00103. The second-order valence-corrected chi connectivity index (χ2v) is 4.78. The highest BCUT2D eigenvalue weighted by atomic mass is 16.5. The van der Waals surface area contributed by atoms with Gasteiger partial charge >= 0.3 is 6.03 Å². The van der Waals surface area contributed by atoms with Gasteiger partial charge in [0.1, 0.15) is 12.8 Å².